The minimum atomic E-state index is -3.27. The van der Waals surface area contributed by atoms with Crippen molar-refractivity contribution in [3.8, 4) is 0 Å². The van der Waals surface area contributed by atoms with Crippen LogP contribution >= 0.6 is 11.8 Å². The molecule has 1 heterocycles. The van der Waals surface area contributed by atoms with Crippen molar-refractivity contribution in [3.05, 3.63) is 51.8 Å². The number of sulfone groups is 1. The van der Waals surface area contributed by atoms with Gasteiger partial charge in [-0.25, -0.2) is 18.4 Å². The molecule has 0 N–H and O–H groups in total. The number of thioether (sulfide) groups is 1. The van der Waals surface area contributed by atoms with E-state index in [-0.39, 0.29) is 17.0 Å². The minimum Gasteiger partial charge on any atom is -0.258 e. The van der Waals surface area contributed by atoms with Crippen LogP contribution < -0.4 is 0 Å². The van der Waals surface area contributed by atoms with Crippen molar-refractivity contribution in [2.24, 2.45) is 0 Å². The van der Waals surface area contributed by atoms with Gasteiger partial charge in [0.2, 0.25) is 0 Å². The molecule has 0 atom stereocenters. The lowest BCUT2D eigenvalue weighted by Gasteiger charge is -2.06. The second-order valence-corrected chi connectivity index (χ2v) is 8.26. The number of rotatable bonds is 7. The fourth-order valence-corrected chi connectivity index (χ4v) is 3.30. The van der Waals surface area contributed by atoms with Crippen LogP contribution in [0, 0.1) is 10.1 Å². The van der Waals surface area contributed by atoms with Crippen LogP contribution in [0.3, 0.4) is 0 Å². The molecule has 0 amide bonds. The largest absolute Gasteiger partial charge is 0.309 e. The third kappa shape index (κ3) is 4.75. The van der Waals surface area contributed by atoms with E-state index < -0.39 is 14.8 Å². The lowest BCUT2D eigenvalue weighted by Crippen LogP contribution is -2.03. The smallest absolute Gasteiger partial charge is 0.258 e. The third-order valence-corrected chi connectivity index (χ3v) is 5.37. The zero-order valence-electron chi connectivity index (χ0n) is 13.3. The molecule has 0 aliphatic rings. The van der Waals surface area contributed by atoms with Crippen LogP contribution in [0.1, 0.15) is 24.6 Å². The minimum absolute atomic E-state index is 0.136. The lowest BCUT2D eigenvalue weighted by atomic mass is 10.1. The van der Waals surface area contributed by atoms with Gasteiger partial charge in [-0.1, -0.05) is 30.8 Å². The predicted octanol–water partition coefficient (Wildman–Crippen LogP) is 2.88. The Hall–Kier alpha value is -2.00. The Bertz CT molecular complexity index is 836. The molecule has 1 aromatic carbocycles. The molecular weight excluding hydrogens is 350 g/mol. The van der Waals surface area contributed by atoms with E-state index in [9.17, 15) is 18.5 Å². The van der Waals surface area contributed by atoms with Crippen molar-refractivity contribution in [1.29, 1.82) is 0 Å². The summed E-state index contributed by atoms with van der Waals surface area (Å²) in [4.78, 5) is 19.2. The molecule has 0 saturated heterocycles. The Morgan fingerprint density at radius 2 is 1.92 bits per heavy atom. The van der Waals surface area contributed by atoms with Crippen LogP contribution in [0.25, 0.3) is 0 Å². The number of nitro groups is 1. The summed E-state index contributed by atoms with van der Waals surface area (Å²) in [6, 6.07) is 6.26. The van der Waals surface area contributed by atoms with Gasteiger partial charge in [0.1, 0.15) is 11.9 Å². The molecule has 2 rings (SSSR count). The number of aromatic nitrogens is 2. The van der Waals surface area contributed by atoms with Gasteiger partial charge in [0, 0.05) is 18.4 Å². The highest BCUT2D eigenvalue weighted by Crippen LogP contribution is 2.23. The lowest BCUT2D eigenvalue weighted by molar-refractivity contribution is -0.386. The molecule has 0 aliphatic carbocycles. The number of benzene rings is 1. The molecule has 1 aromatic heterocycles. The Morgan fingerprint density at radius 3 is 2.46 bits per heavy atom. The molecule has 0 spiro atoms. The van der Waals surface area contributed by atoms with Crippen molar-refractivity contribution >= 4 is 27.3 Å². The fourth-order valence-electron chi connectivity index (χ4n) is 1.99. The van der Waals surface area contributed by atoms with E-state index in [0.29, 0.717) is 10.9 Å². The van der Waals surface area contributed by atoms with Gasteiger partial charge in [-0.3, -0.25) is 10.1 Å². The van der Waals surface area contributed by atoms with Crippen LogP contribution in [0.15, 0.2) is 40.5 Å². The molecule has 0 aliphatic heterocycles. The van der Waals surface area contributed by atoms with Crippen molar-refractivity contribution in [3.63, 3.8) is 0 Å². The third-order valence-electron chi connectivity index (χ3n) is 3.18. The highest BCUT2D eigenvalue weighted by atomic mass is 32.2. The van der Waals surface area contributed by atoms with Crippen molar-refractivity contribution in [1.82, 2.24) is 9.97 Å². The van der Waals surface area contributed by atoms with Gasteiger partial charge in [-0.05, 0) is 24.1 Å². The molecule has 9 heteroatoms. The Labute approximate surface area is 144 Å². The van der Waals surface area contributed by atoms with E-state index in [1.807, 2.05) is 6.92 Å². The summed E-state index contributed by atoms with van der Waals surface area (Å²) in [6.07, 6.45) is 3.55. The van der Waals surface area contributed by atoms with Gasteiger partial charge in [0.25, 0.3) is 0 Å². The van der Waals surface area contributed by atoms with Crippen molar-refractivity contribution in [2.45, 2.75) is 29.8 Å². The predicted molar refractivity (Wildman–Crippen MR) is 92.1 cm³/mol. The summed E-state index contributed by atoms with van der Waals surface area (Å²) in [5, 5.41) is 11.7. The summed E-state index contributed by atoms with van der Waals surface area (Å²) in [5.41, 5.74) is 0.930. The molecule has 2 aromatic rings. The van der Waals surface area contributed by atoms with Gasteiger partial charge in [0.15, 0.2) is 15.0 Å². The molecule has 7 nitrogen and oxygen atoms in total. The SMILES string of the molecule is CCCSc1ncc([N+](=O)[O-])c(Cc2ccc(S(C)(=O)=O)cc2)n1. The second-order valence-electron chi connectivity index (χ2n) is 5.18. The zero-order valence-corrected chi connectivity index (χ0v) is 14.9. The number of hydrogen-bond donors (Lipinski definition) is 0. The number of nitrogens with zero attached hydrogens (tertiary/aromatic N) is 3. The van der Waals surface area contributed by atoms with E-state index in [1.165, 1.54) is 30.1 Å². The normalized spacial score (nSPS) is 11.4. The van der Waals surface area contributed by atoms with Crippen LogP contribution in [-0.4, -0.2) is 35.3 Å². The number of hydrogen-bond acceptors (Lipinski definition) is 7. The first-order valence-corrected chi connectivity index (χ1v) is 10.1. The Morgan fingerprint density at radius 1 is 1.25 bits per heavy atom. The monoisotopic (exact) mass is 367 g/mol. The molecule has 0 radical (unpaired) electrons. The maximum absolute atomic E-state index is 11.5. The molecule has 128 valence electrons. The standard InChI is InChI=1S/C15H17N3O4S2/c1-3-8-23-15-16-10-14(18(19)20)13(17-15)9-11-4-6-12(7-5-11)24(2,21)22/h4-7,10H,3,8-9H2,1-2H3. The van der Waals surface area contributed by atoms with Gasteiger partial charge < -0.3 is 0 Å². The van der Waals surface area contributed by atoms with Crippen molar-refractivity contribution < 1.29 is 13.3 Å². The van der Waals surface area contributed by atoms with Crippen LogP contribution in [0.4, 0.5) is 5.69 Å². The highest BCUT2D eigenvalue weighted by molar-refractivity contribution is 7.99. The van der Waals surface area contributed by atoms with Gasteiger partial charge in [-0.15, -0.1) is 0 Å². The van der Waals surface area contributed by atoms with Gasteiger partial charge >= 0.3 is 5.69 Å². The maximum Gasteiger partial charge on any atom is 0.309 e. The van der Waals surface area contributed by atoms with Gasteiger partial charge in [0.05, 0.1) is 9.82 Å². The van der Waals surface area contributed by atoms with Crippen LogP contribution in [0.2, 0.25) is 0 Å². The van der Waals surface area contributed by atoms with Crippen molar-refractivity contribution in [2.75, 3.05) is 12.0 Å². The molecule has 0 saturated carbocycles. The van der Waals surface area contributed by atoms with E-state index in [4.69, 9.17) is 0 Å². The van der Waals surface area contributed by atoms with Crippen LogP contribution in [0.5, 0.6) is 0 Å². The molecule has 0 fully saturated rings. The summed E-state index contributed by atoms with van der Waals surface area (Å²) in [7, 11) is -3.27. The summed E-state index contributed by atoms with van der Waals surface area (Å²) >= 11 is 1.45. The summed E-state index contributed by atoms with van der Waals surface area (Å²) in [6.45, 7) is 2.03. The fraction of sp³-hybridized carbons (Fsp3) is 0.333. The first-order valence-electron chi connectivity index (χ1n) is 7.23. The second kappa shape index (κ2) is 7.71. The molecule has 0 unspecified atom stereocenters. The van der Waals surface area contributed by atoms with Gasteiger partial charge in [-0.2, -0.15) is 0 Å². The zero-order chi connectivity index (χ0) is 17.7. The maximum atomic E-state index is 11.5. The molecule has 24 heavy (non-hydrogen) atoms. The summed E-state index contributed by atoms with van der Waals surface area (Å²) < 4.78 is 23.0. The van der Waals surface area contributed by atoms with E-state index >= 15 is 0 Å². The average molecular weight is 367 g/mol. The van der Waals surface area contributed by atoms with E-state index in [1.54, 1.807) is 12.1 Å². The Kier molecular flexibility index (Phi) is 5.89. The highest BCUT2D eigenvalue weighted by Gasteiger charge is 2.18. The molecular formula is C15H17N3O4S2. The topological polar surface area (TPSA) is 103 Å². The molecule has 0 bridgehead atoms. The average Bonchev–Trinajstić information content (AvgIpc) is 2.52. The quantitative estimate of drug-likeness (QED) is 0.321. The first kappa shape index (κ1) is 18.3. The Balaban J connectivity index is 2.31. The first-order chi connectivity index (χ1) is 11.3. The van der Waals surface area contributed by atoms with Crippen LogP contribution in [-0.2, 0) is 16.3 Å². The van der Waals surface area contributed by atoms with E-state index in [2.05, 4.69) is 9.97 Å². The van der Waals surface area contributed by atoms with E-state index in [0.717, 1.165) is 24.0 Å². The summed E-state index contributed by atoms with van der Waals surface area (Å²) in [5.74, 6) is 0.834.